The molecule has 0 bridgehead atoms. The first-order chi connectivity index (χ1) is 8.72. The third-order valence-electron chi connectivity index (χ3n) is 3.39. The van der Waals surface area contributed by atoms with E-state index in [-0.39, 0.29) is 24.1 Å². The van der Waals surface area contributed by atoms with Crippen molar-refractivity contribution in [3.05, 3.63) is 29.8 Å². The van der Waals surface area contributed by atoms with Gasteiger partial charge in [0.2, 0.25) is 0 Å². The summed E-state index contributed by atoms with van der Waals surface area (Å²) in [6.45, 7) is 5.03. The molecule has 0 amide bonds. The molecule has 1 saturated heterocycles. The lowest BCUT2D eigenvalue weighted by molar-refractivity contribution is 0.0308. The van der Waals surface area contributed by atoms with Crippen LogP contribution in [-0.4, -0.2) is 23.7 Å². The van der Waals surface area contributed by atoms with E-state index < -0.39 is 0 Å². The Morgan fingerprint density at radius 3 is 3.00 bits per heavy atom. The number of halogens is 1. The minimum atomic E-state index is -0.255. The summed E-state index contributed by atoms with van der Waals surface area (Å²) in [5.74, 6) is -0.255. The molecule has 2 heterocycles. The van der Waals surface area contributed by atoms with Crippen molar-refractivity contribution in [1.29, 1.82) is 0 Å². The van der Waals surface area contributed by atoms with Crippen LogP contribution in [0.3, 0.4) is 0 Å². The third kappa shape index (κ3) is 3.06. The van der Waals surface area contributed by atoms with E-state index in [1.54, 1.807) is 12.3 Å². The Labute approximate surface area is 108 Å². The molecule has 1 N–H and O–H groups in total. The van der Waals surface area contributed by atoms with Gasteiger partial charge in [0.05, 0.1) is 24.4 Å². The molecular weight excluding hydrogens is 231 g/mol. The number of hydrogen-bond donors (Lipinski definition) is 1. The Morgan fingerprint density at radius 1 is 1.56 bits per heavy atom. The molecule has 3 unspecified atom stereocenters. The highest BCUT2D eigenvalue weighted by Crippen LogP contribution is 2.31. The summed E-state index contributed by atoms with van der Waals surface area (Å²) in [4.78, 5) is 3.81. The summed E-state index contributed by atoms with van der Waals surface area (Å²) in [5, 5.41) is 3.40. The molecule has 3 nitrogen and oxygen atoms in total. The predicted octanol–water partition coefficient (Wildman–Crippen LogP) is 2.83. The van der Waals surface area contributed by atoms with Crippen LogP contribution in [-0.2, 0) is 4.74 Å². The zero-order chi connectivity index (χ0) is 13.0. The SMILES string of the molecule is CCCNC(c1ccncc1F)C1CCC(C)O1. The Balaban J connectivity index is 2.17. The van der Waals surface area contributed by atoms with Crippen molar-refractivity contribution in [3.8, 4) is 0 Å². The van der Waals surface area contributed by atoms with Crippen molar-refractivity contribution in [3.63, 3.8) is 0 Å². The summed E-state index contributed by atoms with van der Waals surface area (Å²) in [6, 6.07) is 1.67. The molecule has 1 aromatic rings. The van der Waals surface area contributed by atoms with Gasteiger partial charge in [-0.25, -0.2) is 4.39 Å². The number of pyridine rings is 1. The quantitative estimate of drug-likeness (QED) is 0.875. The van der Waals surface area contributed by atoms with Crippen molar-refractivity contribution in [1.82, 2.24) is 10.3 Å². The second kappa shape index (κ2) is 6.25. The van der Waals surface area contributed by atoms with Crippen LogP contribution in [0.25, 0.3) is 0 Å². The maximum atomic E-state index is 13.9. The van der Waals surface area contributed by atoms with Gasteiger partial charge in [-0.05, 0) is 38.8 Å². The Kier molecular flexibility index (Phi) is 4.66. The van der Waals surface area contributed by atoms with Crippen molar-refractivity contribution in [2.24, 2.45) is 0 Å². The van der Waals surface area contributed by atoms with Crippen molar-refractivity contribution in [2.45, 2.75) is 51.4 Å². The van der Waals surface area contributed by atoms with Crippen molar-refractivity contribution >= 4 is 0 Å². The molecule has 3 atom stereocenters. The first-order valence-corrected chi connectivity index (χ1v) is 6.70. The molecule has 0 aliphatic carbocycles. The molecule has 1 fully saturated rings. The van der Waals surface area contributed by atoms with Crippen LogP contribution in [0.1, 0.15) is 44.7 Å². The fourth-order valence-corrected chi connectivity index (χ4v) is 2.46. The molecular formula is C14H21FN2O. The lowest BCUT2D eigenvalue weighted by Gasteiger charge is -2.25. The van der Waals surface area contributed by atoms with Crippen LogP contribution in [0.2, 0.25) is 0 Å². The first-order valence-electron chi connectivity index (χ1n) is 6.70. The van der Waals surface area contributed by atoms with Gasteiger partial charge in [0.25, 0.3) is 0 Å². The molecule has 1 aromatic heterocycles. The van der Waals surface area contributed by atoms with Gasteiger partial charge in [0.15, 0.2) is 0 Å². The summed E-state index contributed by atoms with van der Waals surface area (Å²) in [5.41, 5.74) is 0.664. The van der Waals surface area contributed by atoms with E-state index in [9.17, 15) is 4.39 Å². The summed E-state index contributed by atoms with van der Waals surface area (Å²) in [7, 11) is 0. The van der Waals surface area contributed by atoms with Crippen molar-refractivity contribution < 1.29 is 9.13 Å². The van der Waals surface area contributed by atoms with Gasteiger partial charge in [0.1, 0.15) is 5.82 Å². The molecule has 0 aromatic carbocycles. The average Bonchev–Trinajstić information content (AvgIpc) is 2.78. The zero-order valence-electron chi connectivity index (χ0n) is 11.0. The van der Waals surface area contributed by atoms with E-state index >= 15 is 0 Å². The number of hydrogen-bond acceptors (Lipinski definition) is 3. The van der Waals surface area contributed by atoms with Crippen LogP contribution >= 0.6 is 0 Å². The second-order valence-electron chi connectivity index (χ2n) is 4.89. The van der Waals surface area contributed by atoms with Gasteiger partial charge < -0.3 is 10.1 Å². The van der Waals surface area contributed by atoms with Crippen LogP contribution < -0.4 is 5.32 Å². The molecule has 18 heavy (non-hydrogen) atoms. The van der Waals surface area contributed by atoms with Gasteiger partial charge in [0, 0.05) is 11.8 Å². The fraction of sp³-hybridized carbons (Fsp3) is 0.643. The van der Waals surface area contributed by atoms with Gasteiger partial charge >= 0.3 is 0 Å². The maximum Gasteiger partial charge on any atom is 0.146 e. The molecule has 100 valence electrons. The lowest BCUT2D eigenvalue weighted by atomic mass is 9.99. The highest BCUT2D eigenvalue weighted by atomic mass is 19.1. The molecule has 0 spiro atoms. The Morgan fingerprint density at radius 2 is 2.39 bits per heavy atom. The number of aromatic nitrogens is 1. The monoisotopic (exact) mass is 252 g/mol. The summed E-state index contributed by atoms with van der Waals surface area (Å²) < 4.78 is 19.7. The van der Waals surface area contributed by atoms with E-state index in [2.05, 4.69) is 24.1 Å². The van der Waals surface area contributed by atoms with Gasteiger partial charge in [-0.3, -0.25) is 4.98 Å². The van der Waals surface area contributed by atoms with E-state index in [4.69, 9.17) is 4.74 Å². The smallest absolute Gasteiger partial charge is 0.146 e. The number of ether oxygens (including phenoxy) is 1. The highest BCUT2D eigenvalue weighted by Gasteiger charge is 2.31. The number of rotatable bonds is 5. The van der Waals surface area contributed by atoms with E-state index in [1.807, 2.05) is 0 Å². The van der Waals surface area contributed by atoms with E-state index in [0.717, 1.165) is 25.8 Å². The largest absolute Gasteiger partial charge is 0.373 e. The molecule has 0 saturated carbocycles. The Hall–Kier alpha value is -1.00. The second-order valence-corrected chi connectivity index (χ2v) is 4.89. The standard InChI is InChI=1S/C14H21FN2O/c1-3-7-17-14(13-5-4-10(2)18-13)11-6-8-16-9-12(11)15/h6,8-10,13-14,17H,3-5,7H2,1-2H3. The summed E-state index contributed by atoms with van der Waals surface area (Å²) in [6.07, 6.45) is 6.28. The van der Waals surface area contributed by atoms with E-state index in [1.165, 1.54) is 6.20 Å². The molecule has 1 aliphatic rings. The van der Waals surface area contributed by atoms with Crippen LogP contribution in [0.15, 0.2) is 18.5 Å². The highest BCUT2D eigenvalue weighted by molar-refractivity contribution is 5.19. The normalized spacial score (nSPS) is 25.3. The molecule has 0 radical (unpaired) electrons. The van der Waals surface area contributed by atoms with Gasteiger partial charge in [-0.2, -0.15) is 0 Å². The third-order valence-corrected chi connectivity index (χ3v) is 3.39. The fourth-order valence-electron chi connectivity index (χ4n) is 2.46. The molecule has 2 rings (SSSR count). The molecule has 4 heteroatoms. The molecule has 1 aliphatic heterocycles. The van der Waals surface area contributed by atoms with Crippen LogP contribution in [0, 0.1) is 5.82 Å². The Bertz CT molecular complexity index is 386. The average molecular weight is 252 g/mol. The maximum absolute atomic E-state index is 13.9. The lowest BCUT2D eigenvalue weighted by Crippen LogP contribution is -2.33. The minimum absolute atomic E-state index is 0.0587. The predicted molar refractivity (Wildman–Crippen MR) is 68.8 cm³/mol. The minimum Gasteiger partial charge on any atom is -0.373 e. The van der Waals surface area contributed by atoms with Crippen LogP contribution in [0.5, 0.6) is 0 Å². The summed E-state index contributed by atoms with van der Waals surface area (Å²) >= 11 is 0. The zero-order valence-corrected chi connectivity index (χ0v) is 11.0. The number of nitrogens with zero attached hydrogens (tertiary/aromatic N) is 1. The van der Waals surface area contributed by atoms with Crippen LogP contribution in [0.4, 0.5) is 4.39 Å². The van der Waals surface area contributed by atoms with Gasteiger partial charge in [-0.1, -0.05) is 6.92 Å². The topological polar surface area (TPSA) is 34.2 Å². The first kappa shape index (κ1) is 13.4. The van der Waals surface area contributed by atoms with E-state index in [0.29, 0.717) is 5.56 Å². The van der Waals surface area contributed by atoms with Gasteiger partial charge in [-0.15, -0.1) is 0 Å². The van der Waals surface area contributed by atoms with Crippen molar-refractivity contribution in [2.75, 3.05) is 6.54 Å². The number of nitrogens with one attached hydrogen (secondary N) is 1.